The van der Waals surface area contributed by atoms with Crippen LogP contribution in [0.3, 0.4) is 0 Å². The smallest absolute Gasteiger partial charge is 0.160 e. The van der Waals surface area contributed by atoms with Crippen LogP contribution in [0.2, 0.25) is 0 Å². The number of benzene rings is 20. The van der Waals surface area contributed by atoms with Gasteiger partial charge in [0.1, 0.15) is 0 Å². The van der Waals surface area contributed by atoms with Crippen molar-refractivity contribution < 1.29 is 0 Å². The van der Waals surface area contributed by atoms with Crippen LogP contribution < -0.4 is 0 Å². The van der Waals surface area contributed by atoms with Gasteiger partial charge in [-0.2, -0.15) is 0 Å². The van der Waals surface area contributed by atoms with Crippen molar-refractivity contribution in [3.05, 3.63) is 589 Å². The van der Waals surface area contributed by atoms with Crippen LogP contribution in [0.25, 0.3) is 256 Å². The van der Waals surface area contributed by atoms with E-state index in [2.05, 4.69) is 531 Å². The van der Waals surface area contributed by atoms with Crippen molar-refractivity contribution >= 4 is 32.7 Å². The van der Waals surface area contributed by atoms with Gasteiger partial charge in [0.15, 0.2) is 5.82 Å². The quantitative estimate of drug-likeness (QED) is 0.0751. The van der Waals surface area contributed by atoms with Gasteiger partial charge < -0.3 is 0 Å². The van der Waals surface area contributed by atoms with E-state index >= 15 is 0 Å². The molecule has 0 bridgehead atoms. The van der Waals surface area contributed by atoms with Crippen molar-refractivity contribution in [1.29, 1.82) is 0 Å². The van der Waals surface area contributed by atoms with E-state index in [0.717, 1.165) is 139 Å². The van der Waals surface area contributed by atoms with Gasteiger partial charge in [0.2, 0.25) is 0 Å². The molecular formula is C143H97N7. The van der Waals surface area contributed by atoms with Crippen LogP contribution in [0, 0.1) is 0 Å². The van der Waals surface area contributed by atoms with Crippen LogP contribution in [-0.2, 0) is 0 Å². The first kappa shape index (κ1) is 92.4. The first-order valence-electron chi connectivity index (χ1n) is 50.7. The third kappa shape index (κ3) is 20.4. The summed E-state index contributed by atoms with van der Waals surface area (Å²) in [7, 11) is 0. The number of fused-ring (bicyclic) bond motifs is 3. The largest absolute Gasteiger partial charge is 0.265 e. The minimum Gasteiger partial charge on any atom is -0.265 e. The van der Waals surface area contributed by atoms with Crippen molar-refractivity contribution in [2.24, 2.45) is 0 Å². The van der Waals surface area contributed by atoms with Gasteiger partial charge in [0, 0.05) is 86.7 Å². The van der Waals surface area contributed by atoms with Crippen LogP contribution in [0.4, 0.5) is 0 Å². The maximum atomic E-state index is 5.20. The Morgan fingerprint density at radius 1 is 0.113 bits per heavy atom. The Morgan fingerprint density at radius 3 is 0.727 bits per heavy atom. The lowest BCUT2D eigenvalue weighted by molar-refractivity contribution is 1.22. The fraction of sp³-hybridized carbons (Fsp3) is 0. The fourth-order valence-corrected chi connectivity index (χ4v) is 20.3. The highest BCUT2D eigenvalue weighted by atomic mass is 14.9. The lowest BCUT2D eigenvalue weighted by atomic mass is 9.91. The fourth-order valence-electron chi connectivity index (χ4n) is 20.3. The molecule has 6 heterocycles. The average Bonchev–Trinajstić information content (AvgIpc) is 0.506. The van der Waals surface area contributed by atoms with Gasteiger partial charge in [-0.1, -0.05) is 400 Å². The first-order chi connectivity index (χ1) is 74.3. The second-order valence-corrected chi connectivity index (χ2v) is 37.5. The van der Waals surface area contributed by atoms with Gasteiger partial charge in [-0.3, -0.25) is 15.0 Å². The zero-order valence-corrected chi connectivity index (χ0v) is 82.1. The van der Waals surface area contributed by atoms with Gasteiger partial charge in [-0.05, 0) is 319 Å². The molecule has 0 saturated carbocycles. The Kier molecular flexibility index (Phi) is 26.4. The van der Waals surface area contributed by atoms with Gasteiger partial charge in [-0.25, -0.2) is 19.9 Å². The number of rotatable bonds is 20. The summed E-state index contributed by atoms with van der Waals surface area (Å²) in [4.78, 5) is 33.5. The van der Waals surface area contributed by atoms with E-state index < -0.39 is 0 Å². The number of nitrogens with zero attached hydrogens (tertiary/aromatic N) is 7. The van der Waals surface area contributed by atoms with E-state index in [0.29, 0.717) is 5.82 Å². The number of para-hydroxylation sites is 3. The normalized spacial score (nSPS) is 11.1. The van der Waals surface area contributed by atoms with Crippen LogP contribution in [-0.4, -0.2) is 34.9 Å². The molecule has 26 rings (SSSR count). The highest BCUT2D eigenvalue weighted by Gasteiger charge is 2.21. The van der Waals surface area contributed by atoms with Gasteiger partial charge in [0.05, 0.1) is 33.6 Å². The molecule has 704 valence electrons. The van der Waals surface area contributed by atoms with E-state index in [1.54, 1.807) is 12.4 Å². The van der Waals surface area contributed by atoms with Crippen LogP contribution in [0.15, 0.2) is 589 Å². The van der Waals surface area contributed by atoms with E-state index in [9.17, 15) is 0 Å². The second-order valence-electron chi connectivity index (χ2n) is 37.5. The highest BCUT2D eigenvalue weighted by molar-refractivity contribution is 6.03. The topological polar surface area (TPSA) is 90.2 Å². The molecule has 0 fully saturated rings. The zero-order valence-electron chi connectivity index (χ0n) is 82.1. The standard InChI is InChI=1S/2C50H34N2.C43H29N3/c1-4-14-35(15-5-1)42-28-43(36-16-6-2-7-17-36)30-44(29-42)40-22-12-20-38(26-40)39-21-13-23-41(27-39)50-32-48(47-24-10-11-25-49(47)52-50)46-31-45(33-51-34-46)37-18-8-3-9-19-37;1-3-13-35(14-4-1)42-31-43(36-15-5-2-6-16-36)33-44(32-42)40-19-11-17-38(29-40)39-18-12-20-41(30-39)50-34-48(47-23-9-10-24-49(47)52-50)46-22-8-7-21-45(46)37-25-27-51-28-26-37;1-3-11-30(12-4-1)37-27-38(31-13-5-2-6-14-31)29-39(28-37)35-17-9-15-33(25-35)34-16-10-18-36(26-34)43-45-41-20-8-7-19-40(41)42(46-43)32-21-23-44-24-22-32/h2*1-34H;1-29H. The predicted molar refractivity (Wildman–Crippen MR) is 625 cm³/mol. The van der Waals surface area contributed by atoms with Crippen molar-refractivity contribution in [3.63, 3.8) is 0 Å². The zero-order chi connectivity index (χ0) is 100. The third-order valence-electron chi connectivity index (χ3n) is 27.8. The summed E-state index contributed by atoms with van der Waals surface area (Å²) in [5, 5.41) is 3.26. The highest BCUT2D eigenvalue weighted by Crippen LogP contribution is 2.45. The van der Waals surface area contributed by atoms with Gasteiger partial charge >= 0.3 is 0 Å². The molecule has 0 atom stereocenters. The van der Waals surface area contributed by atoms with E-state index in [1.807, 2.05) is 61.2 Å². The molecule has 150 heavy (non-hydrogen) atoms. The van der Waals surface area contributed by atoms with Crippen molar-refractivity contribution in [2.45, 2.75) is 0 Å². The summed E-state index contributed by atoms with van der Waals surface area (Å²) < 4.78 is 0. The molecule has 0 N–H and O–H groups in total. The van der Waals surface area contributed by atoms with Crippen LogP contribution in [0.1, 0.15) is 0 Å². The molecule has 0 amide bonds. The molecule has 0 unspecified atom stereocenters. The second kappa shape index (κ2) is 42.9. The lowest BCUT2D eigenvalue weighted by Gasteiger charge is -2.15. The number of hydrogen-bond donors (Lipinski definition) is 0. The Hall–Kier alpha value is -20.0. The predicted octanol–water partition coefficient (Wildman–Crippen LogP) is 37.6. The summed E-state index contributed by atoms with van der Waals surface area (Å²) in [5.41, 5.74) is 47.2. The lowest BCUT2D eigenvalue weighted by Crippen LogP contribution is -1.95. The van der Waals surface area contributed by atoms with Crippen molar-refractivity contribution in [2.75, 3.05) is 0 Å². The molecule has 0 saturated heterocycles. The molecule has 7 nitrogen and oxygen atoms in total. The maximum Gasteiger partial charge on any atom is 0.160 e. The summed E-state index contributed by atoms with van der Waals surface area (Å²) in [6.07, 6.45) is 11.2. The van der Waals surface area contributed by atoms with E-state index in [1.165, 1.54) is 111 Å². The number of hydrogen-bond acceptors (Lipinski definition) is 7. The summed E-state index contributed by atoms with van der Waals surface area (Å²) in [6, 6.07) is 196. The van der Waals surface area contributed by atoms with Crippen molar-refractivity contribution in [3.8, 4) is 223 Å². The molecule has 20 aromatic carbocycles. The minimum absolute atomic E-state index is 0.701. The SMILES string of the molecule is c1ccc(-c2cc(-c3ccccc3)cc(-c3cccc(-c4cccc(-c5cc(-c6ccccc6-c6ccncc6)c6ccccc6n5)c4)c3)c2)cc1.c1ccc(-c2cc(-c3ccccc3)cc(-c3cccc(-c4cccc(-c5cc(-c6cncc(-c7ccccc7)c6)c6ccccc6n5)c4)c3)c2)cc1.c1ccc(-c2cc(-c3ccccc3)cc(-c3cccc(-c4cccc(-c5nc(-c6ccncc6)c6ccccc6n5)c4)c3)c2)cc1. The number of aromatic nitrogens is 7. The van der Waals surface area contributed by atoms with Crippen LogP contribution in [0.5, 0.6) is 0 Å². The number of pyridine rings is 5. The molecule has 0 spiro atoms. The Bertz CT molecular complexity index is 9170. The summed E-state index contributed by atoms with van der Waals surface area (Å²) >= 11 is 0. The Morgan fingerprint density at radius 2 is 0.353 bits per heavy atom. The molecule has 0 radical (unpaired) electrons. The van der Waals surface area contributed by atoms with E-state index in [-0.39, 0.29) is 0 Å². The Balaban J connectivity index is 0.000000120. The molecule has 7 heteroatoms. The summed E-state index contributed by atoms with van der Waals surface area (Å²) in [6.45, 7) is 0. The summed E-state index contributed by atoms with van der Waals surface area (Å²) in [5.74, 6) is 0.701. The van der Waals surface area contributed by atoms with Gasteiger partial charge in [-0.15, -0.1) is 0 Å². The van der Waals surface area contributed by atoms with Crippen LogP contribution >= 0.6 is 0 Å². The first-order valence-corrected chi connectivity index (χ1v) is 50.7. The van der Waals surface area contributed by atoms with Crippen molar-refractivity contribution in [1.82, 2.24) is 34.9 Å². The van der Waals surface area contributed by atoms with Gasteiger partial charge in [0.25, 0.3) is 0 Å². The molecule has 0 aliphatic heterocycles. The Labute approximate surface area is 873 Å². The molecule has 0 aliphatic carbocycles. The minimum atomic E-state index is 0.701. The molecule has 6 aromatic heterocycles. The molecule has 0 aliphatic rings. The monoisotopic (exact) mass is 1910 g/mol. The average molecular weight is 1910 g/mol. The van der Waals surface area contributed by atoms with E-state index in [4.69, 9.17) is 19.9 Å². The molecule has 26 aromatic rings. The maximum absolute atomic E-state index is 5.20. The molecular weight excluding hydrogens is 1820 g/mol. The third-order valence-corrected chi connectivity index (χ3v) is 27.8.